The molecule has 0 aromatic heterocycles. The maximum absolute atomic E-state index is 11.7. The minimum atomic E-state index is -4.56. The van der Waals surface area contributed by atoms with Crippen molar-refractivity contribution in [3.8, 4) is 0 Å². The molecule has 0 aromatic carbocycles. The number of rotatable bonds is 0. The van der Waals surface area contributed by atoms with Gasteiger partial charge < -0.3 is 0 Å². The molecule has 0 N–H and O–H groups in total. The number of halogens is 3. The van der Waals surface area contributed by atoms with E-state index in [0.29, 0.717) is 6.20 Å². The Kier molecular flexibility index (Phi) is 1.67. The third-order valence-corrected chi connectivity index (χ3v) is 0.867. The summed E-state index contributed by atoms with van der Waals surface area (Å²) in [5.74, 6) is -0.905. The Bertz CT molecular complexity index is 241. The molecule has 6 heteroatoms. The Morgan fingerprint density at radius 1 is 1.45 bits per heavy atom. The SMILES string of the molecule is O=C1[C]=NC(C(F)(F)F)=C[N]1. The van der Waals surface area contributed by atoms with Gasteiger partial charge >= 0.3 is 6.18 Å². The van der Waals surface area contributed by atoms with E-state index in [1.165, 1.54) is 0 Å². The van der Waals surface area contributed by atoms with E-state index >= 15 is 0 Å². The molecule has 11 heavy (non-hydrogen) atoms. The average Bonchev–Trinajstić information content (AvgIpc) is 1.86. The molecule has 0 saturated carbocycles. The first-order valence-electron chi connectivity index (χ1n) is 2.49. The van der Waals surface area contributed by atoms with Crippen molar-refractivity contribution >= 4 is 12.1 Å². The number of alkyl halides is 3. The molecule has 2 radical (unpaired) electrons. The lowest BCUT2D eigenvalue weighted by Gasteiger charge is -2.07. The van der Waals surface area contributed by atoms with E-state index in [1.807, 2.05) is 0 Å². The van der Waals surface area contributed by atoms with Crippen LogP contribution in [0, 0.1) is 0 Å². The van der Waals surface area contributed by atoms with Crippen molar-refractivity contribution < 1.29 is 18.0 Å². The van der Waals surface area contributed by atoms with Crippen molar-refractivity contribution in [2.24, 2.45) is 4.99 Å². The Hall–Kier alpha value is -1.33. The van der Waals surface area contributed by atoms with Crippen LogP contribution in [0.2, 0.25) is 0 Å². The predicted octanol–water partition coefficient (Wildman–Crippen LogP) is 0.482. The zero-order valence-electron chi connectivity index (χ0n) is 5.01. The van der Waals surface area contributed by atoms with Gasteiger partial charge in [-0.05, 0) is 0 Å². The largest absolute Gasteiger partial charge is 0.434 e. The van der Waals surface area contributed by atoms with Crippen molar-refractivity contribution in [2.45, 2.75) is 6.18 Å². The van der Waals surface area contributed by atoms with Gasteiger partial charge in [0.15, 0.2) is 11.9 Å². The summed E-state index contributed by atoms with van der Waals surface area (Å²) < 4.78 is 35.1. The van der Waals surface area contributed by atoms with E-state index in [0.717, 1.165) is 0 Å². The van der Waals surface area contributed by atoms with E-state index in [2.05, 4.69) is 10.3 Å². The molecule has 1 amide bonds. The van der Waals surface area contributed by atoms with Crippen LogP contribution >= 0.6 is 0 Å². The first-order chi connectivity index (χ1) is 5.00. The van der Waals surface area contributed by atoms with Crippen molar-refractivity contribution in [1.29, 1.82) is 0 Å². The van der Waals surface area contributed by atoms with E-state index in [9.17, 15) is 18.0 Å². The summed E-state index contributed by atoms with van der Waals surface area (Å²) in [7, 11) is 0. The molecule has 1 heterocycles. The van der Waals surface area contributed by atoms with Crippen molar-refractivity contribution in [2.75, 3.05) is 0 Å². The van der Waals surface area contributed by atoms with Crippen LogP contribution in [0.5, 0.6) is 0 Å². The highest BCUT2D eigenvalue weighted by Gasteiger charge is 2.35. The van der Waals surface area contributed by atoms with Crippen LogP contribution in [0.1, 0.15) is 0 Å². The lowest BCUT2D eigenvalue weighted by molar-refractivity contribution is -0.114. The number of carbonyl (C=O) groups is 1. The highest BCUT2D eigenvalue weighted by atomic mass is 19.4. The second-order valence-corrected chi connectivity index (χ2v) is 1.67. The molecular weight excluding hydrogens is 161 g/mol. The van der Waals surface area contributed by atoms with Crippen molar-refractivity contribution in [1.82, 2.24) is 5.32 Å². The summed E-state index contributed by atoms with van der Waals surface area (Å²) in [5.41, 5.74) is -1.21. The summed E-state index contributed by atoms with van der Waals surface area (Å²) in [5, 5.41) is 2.85. The molecule has 0 atom stereocenters. The van der Waals surface area contributed by atoms with Crippen LogP contribution < -0.4 is 5.32 Å². The third-order valence-electron chi connectivity index (χ3n) is 0.867. The van der Waals surface area contributed by atoms with Gasteiger partial charge in [-0.2, -0.15) is 13.2 Å². The monoisotopic (exact) mass is 162 g/mol. The minimum Gasteiger partial charge on any atom is -0.265 e. The average molecular weight is 162 g/mol. The van der Waals surface area contributed by atoms with Crippen LogP contribution in [0.4, 0.5) is 13.2 Å². The molecular formula is C5HF3N2O. The fourth-order valence-corrected chi connectivity index (χ4v) is 0.422. The van der Waals surface area contributed by atoms with Crippen molar-refractivity contribution in [3.63, 3.8) is 0 Å². The zero-order chi connectivity index (χ0) is 8.48. The Morgan fingerprint density at radius 2 is 2.09 bits per heavy atom. The van der Waals surface area contributed by atoms with Gasteiger partial charge in [-0.1, -0.05) is 0 Å². The summed E-state index contributed by atoms with van der Waals surface area (Å²) in [4.78, 5) is 12.9. The standard InChI is InChI=1S/C5HF3N2O/c6-5(7,8)3-1-10-4(11)2-9-3/h1H. The smallest absolute Gasteiger partial charge is 0.265 e. The van der Waals surface area contributed by atoms with Crippen LogP contribution in [0.3, 0.4) is 0 Å². The molecule has 0 spiro atoms. The number of hydrogen-bond donors (Lipinski definition) is 0. The van der Waals surface area contributed by atoms with E-state index in [1.54, 1.807) is 6.21 Å². The van der Waals surface area contributed by atoms with Crippen molar-refractivity contribution in [3.05, 3.63) is 11.9 Å². The van der Waals surface area contributed by atoms with Crippen LogP contribution in [0.25, 0.3) is 0 Å². The van der Waals surface area contributed by atoms with Gasteiger partial charge in [0.05, 0.1) is 6.20 Å². The predicted molar refractivity (Wildman–Crippen MR) is 28.7 cm³/mol. The molecule has 0 aliphatic carbocycles. The Balaban J connectivity index is 2.79. The van der Waals surface area contributed by atoms with Gasteiger partial charge in [0.25, 0.3) is 5.91 Å². The number of allylic oxidation sites excluding steroid dienone is 1. The summed E-state index contributed by atoms with van der Waals surface area (Å²) in [6, 6.07) is 0. The first-order valence-corrected chi connectivity index (χ1v) is 2.49. The lowest BCUT2D eigenvalue weighted by atomic mass is 10.4. The molecule has 0 unspecified atom stereocenters. The Morgan fingerprint density at radius 3 is 2.45 bits per heavy atom. The van der Waals surface area contributed by atoms with Gasteiger partial charge in [0.1, 0.15) is 0 Å². The van der Waals surface area contributed by atoms with E-state index in [4.69, 9.17) is 0 Å². The lowest BCUT2D eigenvalue weighted by Crippen LogP contribution is -2.21. The highest BCUT2D eigenvalue weighted by Crippen LogP contribution is 2.26. The summed E-state index contributed by atoms with van der Waals surface area (Å²) in [6.07, 6.45) is -2.61. The minimum absolute atomic E-state index is 0.374. The molecule has 58 valence electrons. The van der Waals surface area contributed by atoms with E-state index in [-0.39, 0.29) is 0 Å². The van der Waals surface area contributed by atoms with Crippen LogP contribution in [0.15, 0.2) is 16.9 Å². The van der Waals surface area contributed by atoms with Crippen LogP contribution in [-0.2, 0) is 4.79 Å². The molecule has 1 aliphatic rings. The molecule has 0 aromatic rings. The number of aliphatic imine (C=N–C) groups is 1. The summed E-state index contributed by atoms with van der Waals surface area (Å²) >= 11 is 0. The second-order valence-electron chi connectivity index (χ2n) is 1.67. The number of hydrogen-bond acceptors (Lipinski definition) is 2. The summed E-state index contributed by atoms with van der Waals surface area (Å²) in [6.45, 7) is 0. The molecule has 1 aliphatic heterocycles. The van der Waals surface area contributed by atoms with Gasteiger partial charge in [0, 0.05) is 0 Å². The number of nitrogens with zero attached hydrogens (tertiary/aromatic N) is 2. The Labute approximate surface area is 59.6 Å². The third kappa shape index (κ3) is 1.79. The maximum Gasteiger partial charge on any atom is 0.434 e. The fraction of sp³-hybridized carbons (Fsp3) is 0.200. The maximum atomic E-state index is 11.7. The first kappa shape index (κ1) is 7.77. The van der Waals surface area contributed by atoms with Gasteiger partial charge in [-0.25, -0.2) is 10.3 Å². The van der Waals surface area contributed by atoms with Crippen LogP contribution in [-0.4, -0.2) is 18.3 Å². The molecule has 3 nitrogen and oxygen atoms in total. The fourth-order valence-electron chi connectivity index (χ4n) is 0.422. The molecule has 0 bridgehead atoms. The molecule has 0 saturated heterocycles. The second kappa shape index (κ2) is 2.37. The highest BCUT2D eigenvalue weighted by molar-refractivity contribution is 6.27. The zero-order valence-corrected chi connectivity index (χ0v) is 5.01. The molecule has 1 rings (SSSR count). The number of carbonyl (C=O) groups excluding carboxylic acids is 1. The van der Waals surface area contributed by atoms with E-state index < -0.39 is 17.8 Å². The normalized spacial score (nSPS) is 17.7. The van der Waals surface area contributed by atoms with Gasteiger partial charge in [-0.3, -0.25) is 4.79 Å². The van der Waals surface area contributed by atoms with Gasteiger partial charge in [0.2, 0.25) is 0 Å². The molecule has 0 fully saturated rings. The number of amides is 1. The quantitative estimate of drug-likeness (QED) is 0.510. The topological polar surface area (TPSA) is 43.5 Å². The van der Waals surface area contributed by atoms with Gasteiger partial charge in [-0.15, -0.1) is 0 Å².